The van der Waals surface area contributed by atoms with Crippen LogP contribution in [0, 0.1) is 0 Å². The largest absolute Gasteiger partial charge is 0.497 e. The minimum absolute atomic E-state index is 0.933. The number of hydrogen-bond donors (Lipinski definition) is 1. The zero-order chi connectivity index (χ0) is 10.2. The van der Waals surface area contributed by atoms with Gasteiger partial charge in [-0.05, 0) is 30.7 Å². The molecule has 0 saturated heterocycles. The molecular formula is C12H20NO+. The molecule has 2 heteroatoms. The molecule has 2 N–H and O–H groups in total. The average Bonchev–Trinajstić information content (AvgIpc) is 2.25. The number of hydrogen-bond acceptors (Lipinski definition) is 1. The van der Waals surface area contributed by atoms with Crippen LogP contribution < -0.4 is 10.1 Å². The quantitative estimate of drug-likeness (QED) is 0.683. The Morgan fingerprint density at radius 2 is 1.93 bits per heavy atom. The lowest BCUT2D eigenvalue weighted by atomic mass is 10.2. The zero-order valence-corrected chi connectivity index (χ0v) is 9.12. The third-order valence-electron chi connectivity index (χ3n) is 2.30. The lowest BCUT2D eigenvalue weighted by Gasteiger charge is -2.02. The third kappa shape index (κ3) is 3.79. The molecule has 0 unspecified atom stereocenters. The summed E-state index contributed by atoms with van der Waals surface area (Å²) in [5.74, 6) is 0.933. The van der Waals surface area contributed by atoms with Gasteiger partial charge in [0, 0.05) is 5.56 Å². The average molecular weight is 194 g/mol. The lowest BCUT2D eigenvalue weighted by Crippen LogP contribution is -2.82. The molecule has 0 aromatic heterocycles. The number of nitrogens with two attached hydrogens (primary N) is 1. The smallest absolute Gasteiger partial charge is 0.118 e. The topological polar surface area (TPSA) is 25.8 Å². The predicted molar refractivity (Wildman–Crippen MR) is 58.4 cm³/mol. The molecule has 1 rings (SSSR count). The van der Waals surface area contributed by atoms with Crippen molar-refractivity contribution < 1.29 is 10.1 Å². The van der Waals surface area contributed by atoms with E-state index in [0.29, 0.717) is 0 Å². The van der Waals surface area contributed by atoms with E-state index in [2.05, 4.69) is 24.4 Å². The van der Waals surface area contributed by atoms with Crippen molar-refractivity contribution in [2.24, 2.45) is 0 Å². The van der Waals surface area contributed by atoms with E-state index in [9.17, 15) is 0 Å². The summed E-state index contributed by atoms with van der Waals surface area (Å²) >= 11 is 0. The normalized spacial score (nSPS) is 10.1. The van der Waals surface area contributed by atoms with Gasteiger partial charge in [0.15, 0.2) is 0 Å². The fraction of sp³-hybridized carbons (Fsp3) is 0.500. The first-order valence-corrected chi connectivity index (χ1v) is 5.31. The molecule has 0 bridgehead atoms. The fourth-order valence-electron chi connectivity index (χ4n) is 1.38. The summed E-state index contributed by atoms with van der Waals surface area (Å²) in [6, 6.07) is 8.29. The Labute approximate surface area is 86.3 Å². The standard InChI is InChI=1S/C12H19NO/c1-3-4-9-13-10-11-5-7-12(14-2)8-6-11/h5-8,13H,3-4,9-10H2,1-2H3/p+1. The summed E-state index contributed by atoms with van der Waals surface area (Å²) in [7, 11) is 1.70. The summed E-state index contributed by atoms with van der Waals surface area (Å²) in [5, 5.41) is 2.35. The van der Waals surface area contributed by atoms with Gasteiger partial charge in [0.1, 0.15) is 12.3 Å². The maximum Gasteiger partial charge on any atom is 0.118 e. The highest BCUT2D eigenvalue weighted by Gasteiger charge is 1.95. The van der Waals surface area contributed by atoms with E-state index in [4.69, 9.17) is 4.74 Å². The van der Waals surface area contributed by atoms with Crippen molar-refractivity contribution in [3.8, 4) is 5.75 Å². The Balaban J connectivity index is 2.29. The van der Waals surface area contributed by atoms with Crippen LogP contribution in [0.3, 0.4) is 0 Å². The van der Waals surface area contributed by atoms with E-state index in [1.54, 1.807) is 7.11 Å². The maximum atomic E-state index is 5.10. The van der Waals surface area contributed by atoms with Gasteiger partial charge in [0.05, 0.1) is 13.7 Å². The molecule has 2 nitrogen and oxygen atoms in total. The molecule has 0 heterocycles. The Kier molecular flexibility index (Phi) is 5.08. The first-order valence-electron chi connectivity index (χ1n) is 5.31. The second kappa shape index (κ2) is 6.44. The van der Waals surface area contributed by atoms with E-state index in [0.717, 1.165) is 12.3 Å². The molecule has 0 spiro atoms. The highest BCUT2D eigenvalue weighted by molar-refractivity contribution is 5.26. The SMILES string of the molecule is CCCC[NH2+]Cc1ccc(OC)cc1. The number of unbranched alkanes of at least 4 members (excludes halogenated alkanes) is 1. The Morgan fingerprint density at radius 1 is 1.21 bits per heavy atom. The first kappa shape index (κ1) is 11.1. The van der Waals surface area contributed by atoms with Crippen LogP contribution in [0.5, 0.6) is 5.75 Å². The van der Waals surface area contributed by atoms with Crippen LogP contribution in [0.15, 0.2) is 24.3 Å². The van der Waals surface area contributed by atoms with Crippen molar-refractivity contribution in [1.82, 2.24) is 0 Å². The highest BCUT2D eigenvalue weighted by Crippen LogP contribution is 2.09. The minimum Gasteiger partial charge on any atom is -0.497 e. The molecule has 0 aliphatic carbocycles. The number of quaternary nitrogens is 1. The Hall–Kier alpha value is -1.02. The van der Waals surface area contributed by atoms with Crippen molar-refractivity contribution in [1.29, 1.82) is 0 Å². The van der Waals surface area contributed by atoms with Gasteiger partial charge in [-0.2, -0.15) is 0 Å². The van der Waals surface area contributed by atoms with Crippen LogP contribution in [-0.4, -0.2) is 13.7 Å². The van der Waals surface area contributed by atoms with Crippen molar-refractivity contribution in [2.75, 3.05) is 13.7 Å². The van der Waals surface area contributed by atoms with E-state index < -0.39 is 0 Å². The van der Waals surface area contributed by atoms with Crippen LogP contribution in [-0.2, 0) is 6.54 Å². The molecule has 0 fully saturated rings. The lowest BCUT2D eigenvalue weighted by molar-refractivity contribution is -0.670. The summed E-state index contributed by atoms with van der Waals surface area (Å²) in [4.78, 5) is 0. The van der Waals surface area contributed by atoms with Gasteiger partial charge in [-0.25, -0.2) is 0 Å². The number of benzene rings is 1. The molecule has 1 aromatic carbocycles. The van der Waals surface area contributed by atoms with Crippen LogP contribution >= 0.6 is 0 Å². The molecule has 0 atom stereocenters. The van der Waals surface area contributed by atoms with Crippen LogP contribution in [0.2, 0.25) is 0 Å². The van der Waals surface area contributed by atoms with E-state index in [1.165, 1.54) is 24.9 Å². The molecule has 78 valence electrons. The maximum absolute atomic E-state index is 5.10. The van der Waals surface area contributed by atoms with Gasteiger partial charge in [-0.3, -0.25) is 0 Å². The van der Waals surface area contributed by atoms with Crippen molar-refractivity contribution in [3.05, 3.63) is 29.8 Å². The first-order chi connectivity index (χ1) is 6.86. The summed E-state index contributed by atoms with van der Waals surface area (Å²) in [5.41, 5.74) is 1.36. The van der Waals surface area contributed by atoms with E-state index in [1.807, 2.05) is 12.1 Å². The van der Waals surface area contributed by atoms with Gasteiger partial charge in [0.25, 0.3) is 0 Å². The monoisotopic (exact) mass is 194 g/mol. The Bertz CT molecular complexity index is 243. The molecule has 0 aliphatic heterocycles. The minimum atomic E-state index is 0.933. The van der Waals surface area contributed by atoms with Crippen LogP contribution in [0.1, 0.15) is 25.3 Å². The van der Waals surface area contributed by atoms with Gasteiger partial charge in [0.2, 0.25) is 0 Å². The van der Waals surface area contributed by atoms with Crippen molar-refractivity contribution >= 4 is 0 Å². The summed E-state index contributed by atoms with van der Waals surface area (Å²) in [6.45, 7) is 4.52. The molecule has 1 aromatic rings. The number of methoxy groups -OCH3 is 1. The summed E-state index contributed by atoms with van der Waals surface area (Å²) in [6.07, 6.45) is 2.58. The van der Waals surface area contributed by atoms with Crippen molar-refractivity contribution in [2.45, 2.75) is 26.3 Å². The van der Waals surface area contributed by atoms with Crippen molar-refractivity contribution in [3.63, 3.8) is 0 Å². The molecule has 0 amide bonds. The summed E-state index contributed by atoms with van der Waals surface area (Å²) < 4.78 is 5.10. The molecule has 0 saturated carbocycles. The van der Waals surface area contributed by atoms with Gasteiger partial charge < -0.3 is 10.1 Å². The van der Waals surface area contributed by atoms with Gasteiger partial charge >= 0.3 is 0 Å². The molecule has 0 radical (unpaired) electrons. The molecule has 14 heavy (non-hydrogen) atoms. The third-order valence-corrected chi connectivity index (χ3v) is 2.30. The highest BCUT2D eigenvalue weighted by atomic mass is 16.5. The molecular weight excluding hydrogens is 174 g/mol. The molecule has 0 aliphatic rings. The zero-order valence-electron chi connectivity index (χ0n) is 9.12. The van der Waals surface area contributed by atoms with Gasteiger partial charge in [-0.15, -0.1) is 0 Å². The second-order valence-electron chi connectivity index (χ2n) is 3.48. The van der Waals surface area contributed by atoms with Gasteiger partial charge in [-0.1, -0.05) is 13.3 Å². The number of rotatable bonds is 6. The Morgan fingerprint density at radius 3 is 2.50 bits per heavy atom. The van der Waals surface area contributed by atoms with E-state index >= 15 is 0 Å². The number of ether oxygens (including phenoxy) is 1. The predicted octanol–water partition coefficient (Wildman–Crippen LogP) is 1.56. The second-order valence-corrected chi connectivity index (χ2v) is 3.48. The fourth-order valence-corrected chi connectivity index (χ4v) is 1.38. The van der Waals surface area contributed by atoms with E-state index in [-0.39, 0.29) is 0 Å². The van der Waals surface area contributed by atoms with Crippen LogP contribution in [0.25, 0.3) is 0 Å². The van der Waals surface area contributed by atoms with Crippen LogP contribution in [0.4, 0.5) is 0 Å².